The van der Waals surface area contributed by atoms with Crippen LogP contribution in [0.1, 0.15) is 62.3 Å². The average molecular weight is 422 g/mol. The second-order valence-corrected chi connectivity index (χ2v) is 8.91. The fourth-order valence-electron chi connectivity index (χ4n) is 5.26. The Kier molecular flexibility index (Phi) is 5.20. The first kappa shape index (κ1) is 19.5. The van der Waals surface area contributed by atoms with Crippen LogP contribution in [0.5, 0.6) is 0 Å². The molecule has 5 rings (SSSR count). The molecule has 0 radical (unpaired) electrons. The smallest absolute Gasteiger partial charge is 0.123 e. The van der Waals surface area contributed by atoms with E-state index in [0.29, 0.717) is 17.8 Å². The summed E-state index contributed by atoms with van der Waals surface area (Å²) in [7, 11) is 0. The molecule has 0 unspecified atom stereocenters. The first-order valence-corrected chi connectivity index (χ1v) is 11.2. The van der Waals surface area contributed by atoms with E-state index in [0.717, 1.165) is 64.9 Å². The maximum absolute atomic E-state index is 13.9. The monoisotopic (exact) mass is 421 g/mol. The molecule has 2 aromatic heterocycles. The molecule has 4 aromatic rings. The summed E-state index contributed by atoms with van der Waals surface area (Å²) in [6.45, 7) is 2.25. The Labute approximate surface area is 180 Å². The number of rotatable bonds is 4. The van der Waals surface area contributed by atoms with Crippen molar-refractivity contribution < 1.29 is 4.39 Å². The summed E-state index contributed by atoms with van der Waals surface area (Å²) in [5, 5.41) is 1.69. The first-order chi connectivity index (χ1) is 14.6. The van der Waals surface area contributed by atoms with E-state index in [1.54, 1.807) is 12.1 Å². The van der Waals surface area contributed by atoms with Crippen molar-refractivity contribution in [1.29, 1.82) is 0 Å². The lowest BCUT2D eigenvalue weighted by atomic mass is 9.72. The van der Waals surface area contributed by atoms with Gasteiger partial charge >= 0.3 is 0 Å². The van der Waals surface area contributed by atoms with Crippen molar-refractivity contribution in [3.05, 3.63) is 70.9 Å². The lowest BCUT2D eigenvalue weighted by Gasteiger charge is -2.33. The second kappa shape index (κ2) is 7.99. The molecule has 0 spiro atoms. The van der Waals surface area contributed by atoms with Gasteiger partial charge in [-0.05, 0) is 92.0 Å². The molecule has 3 nitrogen and oxygen atoms in total. The van der Waals surface area contributed by atoms with Crippen LogP contribution in [0.3, 0.4) is 0 Å². The summed E-state index contributed by atoms with van der Waals surface area (Å²) in [6.07, 6.45) is 7.45. The molecule has 0 aliphatic heterocycles. The Morgan fingerprint density at radius 2 is 1.87 bits per heavy atom. The number of hydrogen-bond donors (Lipinski definition) is 1. The molecule has 5 heteroatoms. The predicted molar refractivity (Wildman–Crippen MR) is 121 cm³/mol. The van der Waals surface area contributed by atoms with Gasteiger partial charge in [-0.3, -0.25) is 4.98 Å². The zero-order chi connectivity index (χ0) is 20.7. The van der Waals surface area contributed by atoms with Crippen molar-refractivity contribution in [3.8, 4) is 0 Å². The Bertz CT molecular complexity index is 1190. The van der Waals surface area contributed by atoms with Crippen LogP contribution in [0, 0.1) is 11.7 Å². The number of benzene rings is 2. The number of halogens is 2. The SMILES string of the molecule is CC[C@@H](c1nc2ccc(Cl)cc2[nH]1)[C@H]1CC[C@H](c2ccnc3ccc(F)cc32)CC1. The van der Waals surface area contributed by atoms with E-state index in [1.165, 1.54) is 11.6 Å². The first-order valence-electron chi connectivity index (χ1n) is 10.8. The highest BCUT2D eigenvalue weighted by molar-refractivity contribution is 6.31. The number of fused-ring (bicyclic) bond motifs is 2. The highest BCUT2D eigenvalue weighted by Gasteiger charge is 2.30. The summed E-state index contributed by atoms with van der Waals surface area (Å²) < 4.78 is 13.9. The van der Waals surface area contributed by atoms with Gasteiger partial charge in [0.15, 0.2) is 0 Å². The molecular weight excluding hydrogens is 397 g/mol. The van der Waals surface area contributed by atoms with E-state index >= 15 is 0 Å². The maximum atomic E-state index is 13.9. The fourth-order valence-corrected chi connectivity index (χ4v) is 5.43. The minimum atomic E-state index is -0.193. The van der Waals surface area contributed by atoms with Crippen molar-refractivity contribution in [2.45, 2.75) is 50.9 Å². The van der Waals surface area contributed by atoms with Crippen LogP contribution >= 0.6 is 11.6 Å². The summed E-state index contributed by atoms with van der Waals surface area (Å²) >= 11 is 6.14. The number of hydrogen-bond acceptors (Lipinski definition) is 2. The Morgan fingerprint density at radius 1 is 1.07 bits per heavy atom. The van der Waals surface area contributed by atoms with E-state index in [2.05, 4.69) is 23.0 Å². The van der Waals surface area contributed by atoms with Crippen molar-refractivity contribution >= 4 is 33.5 Å². The number of nitrogens with one attached hydrogen (secondary N) is 1. The summed E-state index contributed by atoms with van der Waals surface area (Å²) in [6, 6.07) is 12.8. The molecule has 1 aliphatic rings. The van der Waals surface area contributed by atoms with Gasteiger partial charge in [-0.15, -0.1) is 0 Å². The van der Waals surface area contributed by atoms with Crippen molar-refractivity contribution in [1.82, 2.24) is 15.0 Å². The molecule has 1 atom stereocenters. The van der Waals surface area contributed by atoms with Gasteiger partial charge < -0.3 is 4.98 Å². The third kappa shape index (κ3) is 3.58. The molecule has 154 valence electrons. The van der Waals surface area contributed by atoms with Gasteiger partial charge in [0.1, 0.15) is 11.6 Å². The molecular formula is C25H25ClFN3. The summed E-state index contributed by atoms with van der Waals surface area (Å²) in [4.78, 5) is 12.8. The molecule has 2 heterocycles. The van der Waals surface area contributed by atoms with Crippen LogP contribution in [-0.2, 0) is 0 Å². The largest absolute Gasteiger partial charge is 0.342 e. The van der Waals surface area contributed by atoms with Gasteiger partial charge in [0.05, 0.1) is 16.6 Å². The summed E-state index contributed by atoms with van der Waals surface area (Å²) in [5.41, 5.74) is 4.11. The van der Waals surface area contributed by atoms with Crippen molar-refractivity contribution in [3.63, 3.8) is 0 Å². The molecule has 1 saturated carbocycles. The van der Waals surface area contributed by atoms with Gasteiger partial charge in [-0.25, -0.2) is 9.37 Å². The molecule has 30 heavy (non-hydrogen) atoms. The molecule has 1 fully saturated rings. The maximum Gasteiger partial charge on any atom is 0.123 e. The number of pyridine rings is 1. The zero-order valence-corrected chi connectivity index (χ0v) is 17.8. The zero-order valence-electron chi connectivity index (χ0n) is 17.0. The highest BCUT2D eigenvalue weighted by Crippen LogP contribution is 2.44. The van der Waals surface area contributed by atoms with Crippen LogP contribution in [0.4, 0.5) is 4.39 Å². The number of aromatic amines is 1. The quantitative estimate of drug-likeness (QED) is 0.373. The van der Waals surface area contributed by atoms with E-state index in [1.807, 2.05) is 24.4 Å². The Balaban J connectivity index is 1.36. The molecule has 1 N–H and O–H groups in total. The van der Waals surface area contributed by atoms with E-state index in [-0.39, 0.29) is 5.82 Å². The number of H-pyrrole nitrogens is 1. The average Bonchev–Trinajstić information content (AvgIpc) is 3.17. The van der Waals surface area contributed by atoms with Crippen LogP contribution in [-0.4, -0.2) is 15.0 Å². The standard InChI is InChI=1S/C25H25ClFN3/c1-2-19(25-29-23-9-7-17(26)13-24(23)30-25)15-3-5-16(6-4-15)20-11-12-28-22-10-8-18(27)14-21(20)22/h7-16,19H,2-6H2,1H3,(H,29,30)/t15-,16-,19-/m1/s1. The Hall–Kier alpha value is -2.46. The van der Waals surface area contributed by atoms with Crippen LogP contribution in [0.25, 0.3) is 21.9 Å². The van der Waals surface area contributed by atoms with Crippen LogP contribution < -0.4 is 0 Å². The number of nitrogens with zero attached hydrogens (tertiary/aromatic N) is 2. The third-order valence-corrected chi connectivity index (χ3v) is 7.01. The molecule has 0 saturated heterocycles. The van der Waals surface area contributed by atoms with Gasteiger partial charge in [0.25, 0.3) is 0 Å². The number of imidazole rings is 1. The lowest BCUT2D eigenvalue weighted by Crippen LogP contribution is -2.20. The lowest BCUT2D eigenvalue weighted by molar-refractivity contribution is 0.272. The normalized spacial score (nSPS) is 20.6. The summed E-state index contributed by atoms with van der Waals surface area (Å²) in [5.74, 6) is 2.37. The van der Waals surface area contributed by atoms with Crippen molar-refractivity contribution in [2.24, 2.45) is 5.92 Å². The van der Waals surface area contributed by atoms with E-state index < -0.39 is 0 Å². The number of aromatic nitrogens is 3. The molecule has 1 aliphatic carbocycles. The third-order valence-electron chi connectivity index (χ3n) is 6.77. The second-order valence-electron chi connectivity index (χ2n) is 8.47. The van der Waals surface area contributed by atoms with Gasteiger partial charge in [0.2, 0.25) is 0 Å². The van der Waals surface area contributed by atoms with Crippen LogP contribution in [0.2, 0.25) is 5.02 Å². The highest BCUT2D eigenvalue weighted by atomic mass is 35.5. The van der Waals surface area contributed by atoms with Crippen molar-refractivity contribution in [2.75, 3.05) is 0 Å². The topological polar surface area (TPSA) is 41.6 Å². The molecule has 0 bridgehead atoms. The van der Waals surface area contributed by atoms with Crippen LogP contribution in [0.15, 0.2) is 48.7 Å². The minimum Gasteiger partial charge on any atom is -0.342 e. The van der Waals surface area contributed by atoms with E-state index in [4.69, 9.17) is 16.6 Å². The van der Waals surface area contributed by atoms with Gasteiger partial charge in [0, 0.05) is 22.5 Å². The van der Waals surface area contributed by atoms with E-state index in [9.17, 15) is 4.39 Å². The fraction of sp³-hybridized carbons (Fsp3) is 0.360. The predicted octanol–water partition coefficient (Wildman–Crippen LogP) is 7.37. The molecule has 0 amide bonds. The Morgan fingerprint density at radius 3 is 2.67 bits per heavy atom. The van der Waals surface area contributed by atoms with Gasteiger partial charge in [-0.1, -0.05) is 18.5 Å². The van der Waals surface area contributed by atoms with Gasteiger partial charge in [-0.2, -0.15) is 0 Å². The molecule has 2 aromatic carbocycles. The minimum absolute atomic E-state index is 0.193.